The van der Waals surface area contributed by atoms with E-state index in [4.69, 9.17) is 4.74 Å². The van der Waals surface area contributed by atoms with Gasteiger partial charge in [-0.05, 0) is 37.8 Å². The summed E-state index contributed by atoms with van der Waals surface area (Å²) in [5.74, 6) is 0.0568. The summed E-state index contributed by atoms with van der Waals surface area (Å²) in [4.78, 5) is 12.3. The molecule has 0 saturated carbocycles. The van der Waals surface area contributed by atoms with Gasteiger partial charge in [-0.25, -0.2) is 0 Å². The lowest BCUT2D eigenvalue weighted by Gasteiger charge is -2.25. The van der Waals surface area contributed by atoms with Crippen LogP contribution in [-0.2, 0) is 16.1 Å². The van der Waals surface area contributed by atoms with Crippen molar-refractivity contribution in [2.75, 3.05) is 19.7 Å². The number of rotatable bonds is 7. The van der Waals surface area contributed by atoms with Crippen LogP contribution in [0.25, 0.3) is 0 Å². The van der Waals surface area contributed by atoms with Gasteiger partial charge in [0.2, 0.25) is 5.91 Å². The molecule has 0 spiro atoms. The van der Waals surface area contributed by atoms with E-state index in [-0.39, 0.29) is 17.9 Å². The Morgan fingerprint density at radius 3 is 3.00 bits per heavy atom. The van der Waals surface area contributed by atoms with Crippen LogP contribution in [0.4, 0.5) is 0 Å². The maximum atomic E-state index is 12.3. The molecule has 0 fully saturated rings. The number of amides is 1. The molecule has 1 atom stereocenters. The number of benzene rings is 1. The standard InChI is InChI=1S/C17H26N2O2/c1-13(2)21-10-6-5-9-19-17(20)16-12-18-11-14-7-3-4-8-15(14)16/h3-4,7-8,13,16,18H,5-6,9-12H2,1-2H3,(H,19,20). The van der Waals surface area contributed by atoms with Crippen LogP contribution in [0.2, 0.25) is 0 Å². The van der Waals surface area contributed by atoms with Crippen LogP contribution in [0.15, 0.2) is 24.3 Å². The van der Waals surface area contributed by atoms with E-state index in [2.05, 4.69) is 22.8 Å². The van der Waals surface area contributed by atoms with E-state index >= 15 is 0 Å². The number of hydrogen-bond acceptors (Lipinski definition) is 3. The van der Waals surface area contributed by atoms with Crippen molar-refractivity contribution in [3.8, 4) is 0 Å². The van der Waals surface area contributed by atoms with Crippen molar-refractivity contribution < 1.29 is 9.53 Å². The highest BCUT2D eigenvalue weighted by Crippen LogP contribution is 2.23. The van der Waals surface area contributed by atoms with E-state index in [1.54, 1.807) is 0 Å². The quantitative estimate of drug-likeness (QED) is 0.757. The van der Waals surface area contributed by atoms with Crippen LogP contribution >= 0.6 is 0 Å². The van der Waals surface area contributed by atoms with Crippen molar-refractivity contribution in [2.45, 2.75) is 45.3 Å². The summed E-state index contributed by atoms with van der Waals surface area (Å²) in [5, 5.41) is 6.36. The summed E-state index contributed by atoms with van der Waals surface area (Å²) in [6.45, 7) is 7.14. The van der Waals surface area contributed by atoms with Crippen LogP contribution in [-0.4, -0.2) is 31.7 Å². The zero-order valence-corrected chi connectivity index (χ0v) is 13.0. The van der Waals surface area contributed by atoms with Gasteiger partial charge < -0.3 is 15.4 Å². The average molecular weight is 290 g/mol. The fourth-order valence-electron chi connectivity index (χ4n) is 2.61. The van der Waals surface area contributed by atoms with Crippen molar-refractivity contribution in [3.63, 3.8) is 0 Å². The second-order valence-corrected chi connectivity index (χ2v) is 5.80. The SMILES string of the molecule is CC(C)OCCCCNC(=O)C1CNCc2ccccc21. The number of carbonyl (C=O) groups is 1. The Morgan fingerprint density at radius 1 is 1.38 bits per heavy atom. The third-order valence-corrected chi connectivity index (χ3v) is 3.73. The first-order valence-electron chi connectivity index (χ1n) is 7.86. The van der Waals surface area contributed by atoms with Gasteiger partial charge in [-0.1, -0.05) is 24.3 Å². The van der Waals surface area contributed by atoms with Crippen LogP contribution in [0.5, 0.6) is 0 Å². The summed E-state index contributed by atoms with van der Waals surface area (Å²) in [6, 6.07) is 8.19. The molecule has 0 aliphatic carbocycles. The molecule has 0 bridgehead atoms. The zero-order chi connectivity index (χ0) is 15.1. The molecule has 0 aromatic heterocycles. The molecule has 116 valence electrons. The van der Waals surface area contributed by atoms with E-state index in [0.717, 1.165) is 44.6 Å². The summed E-state index contributed by atoms with van der Waals surface area (Å²) < 4.78 is 5.49. The first-order valence-corrected chi connectivity index (χ1v) is 7.86. The van der Waals surface area contributed by atoms with E-state index in [1.165, 1.54) is 5.56 Å². The Kier molecular flexibility index (Phi) is 6.21. The van der Waals surface area contributed by atoms with Crippen LogP contribution in [0.3, 0.4) is 0 Å². The highest BCUT2D eigenvalue weighted by atomic mass is 16.5. The third-order valence-electron chi connectivity index (χ3n) is 3.73. The van der Waals surface area contributed by atoms with Gasteiger partial charge in [-0.3, -0.25) is 4.79 Å². The number of nitrogens with one attached hydrogen (secondary N) is 2. The first-order chi connectivity index (χ1) is 10.2. The smallest absolute Gasteiger partial charge is 0.228 e. The molecule has 2 N–H and O–H groups in total. The van der Waals surface area contributed by atoms with Gasteiger partial charge in [0.05, 0.1) is 12.0 Å². The first kappa shape index (κ1) is 16.0. The van der Waals surface area contributed by atoms with Gasteiger partial charge in [0.15, 0.2) is 0 Å². The molecule has 21 heavy (non-hydrogen) atoms. The normalized spacial score (nSPS) is 17.6. The molecule has 0 saturated heterocycles. The molecular formula is C17H26N2O2. The van der Waals surface area contributed by atoms with Crippen LogP contribution < -0.4 is 10.6 Å². The van der Waals surface area contributed by atoms with Crippen LogP contribution in [0, 0.1) is 0 Å². The van der Waals surface area contributed by atoms with E-state index in [9.17, 15) is 4.79 Å². The Labute approximate surface area is 127 Å². The molecule has 1 aromatic rings. The molecule has 0 radical (unpaired) electrons. The molecule has 1 aliphatic heterocycles. The molecule has 1 aromatic carbocycles. The van der Waals surface area contributed by atoms with Gasteiger partial charge in [0, 0.05) is 26.2 Å². The fraction of sp³-hybridized carbons (Fsp3) is 0.588. The number of unbranched alkanes of at least 4 members (excludes halogenated alkanes) is 1. The van der Waals surface area contributed by atoms with E-state index < -0.39 is 0 Å². The Balaban J connectivity index is 1.74. The minimum atomic E-state index is -0.0677. The van der Waals surface area contributed by atoms with E-state index in [1.807, 2.05) is 26.0 Å². The Hall–Kier alpha value is -1.39. The number of carbonyl (C=O) groups excluding carboxylic acids is 1. The molecule has 1 amide bonds. The van der Waals surface area contributed by atoms with Crippen molar-refractivity contribution in [2.24, 2.45) is 0 Å². The predicted molar refractivity (Wildman–Crippen MR) is 84.2 cm³/mol. The lowest BCUT2D eigenvalue weighted by atomic mass is 9.90. The summed E-state index contributed by atoms with van der Waals surface area (Å²) in [5.41, 5.74) is 2.39. The summed E-state index contributed by atoms with van der Waals surface area (Å²) >= 11 is 0. The highest BCUT2D eigenvalue weighted by molar-refractivity contribution is 5.84. The fourth-order valence-corrected chi connectivity index (χ4v) is 2.61. The number of fused-ring (bicyclic) bond motifs is 1. The van der Waals surface area contributed by atoms with Gasteiger partial charge in [-0.15, -0.1) is 0 Å². The van der Waals surface area contributed by atoms with Gasteiger partial charge >= 0.3 is 0 Å². The predicted octanol–water partition coefficient (Wildman–Crippen LogP) is 2.19. The number of ether oxygens (including phenoxy) is 1. The summed E-state index contributed by atoms with van der Waals surface area (Å²) in [7, 11) is 0. The Morgan fingerprint density at radius 2 is 2.19 bits per heavy atom. The second-order valence-electron chi connectivity index (χ2n) is 5.80. The molecule has 4 heteroatoms. The molecule has 1 aliphatic rings. The van der Waals surface area contributed by atoms with Crippen molar-refractivity contribution in [1.82, 2.24) is 10.6 Å². The van der Waals surface area contributed by atoms with Crippen molar-refractivity contribution in [1.29, 1.82) is 0 Å². The van der Waals surface area contributed by atoms with Gasteiger partial charge in [-0.2, -0.15) is 0 Å². The maximum absolute atomic E-state index is 12.3. The van der Waals surface area contributed by atoms with Gasteiger partial charge in [0.1, 0.15) is 0 Å². The lowest BCUT2D eigenvalue weighted by Crippen LogP contribution is -2.39. The van der Waals surface area contributed by atoms with Crippen LogP contribution in [0.1, 0.15) is 43.7 Å². The molecule has 2 rings (SSSR count). The maximum Gasteiger partial charge on any atom is 0.228 e. The van der Waals surface area contributed by atoms with Gasteiger partial charge in [0.25, 0.3) is 0 Å². The second kappa shape index (κ2) is 8.15. The highest BCUT2D eigenvalue weighted by Gasteiger charge is 2.25. The van der Waals surface area contributed by atoms with Crippen molar-refractivity contribution >= 4 is 5.91 Å². The molecule has 4 nitrogen and oxygen atoms in total. The lowest BCUT2D eigenvalue weighted by molar-refractivity contribution is -0.122. The average Bonchev–Trinajstić information content (AvgIpc) is 2.49. The molecule has 1 heterocycles. The molecule has 1 unspecified atom stereocenters. The van der Waals surface area contributed by atoms with E-state index in [0.29, 0.717) is 0 Å². The minimum Gasteiger partial charge on any atom is -0.379 e. The zero-order valence-electron chi connectivity index (χ0n) is 13.0. The topological polar surface area (TPSA) is 50.4 Å². The summed E-state index contributed by atoms with van der Waals surface area (Å²) in [6.07, 6.45) is 2.22. The monoisotopic (exact) mass is 290 g/mol. The number of hydrogen-bond donors (Lipinski definition) is 2. The third kappa shape index (κ3) is 4.83. The largest absolute Gasteiger partial charge is 0.379 e. The Bertz CT molecular complexity index is 460. The molecular weight excluding hydrogens is 264 g/mol. The van der Waals surface area contributed by atoms with Crippen molar-refractivity contribution in [3.05, 3.63) is 35.4 Å². The minimum absolute atomic E-state index is 0.0677.